The number of ketones is 1. The summed E-state index contributed by atoms with van der Waals surface area (Å²) in [6, 6.07) is 23.7. The molecule has 5 rings (SSSR count). The smallest absolute Gasteiger partial charge is 0.295 e. The Balaban J connectivity index is 1.47. The number of aliphatic hydroxyl groups is 1. The third-order valence-electron chi connectivity index (χ3n) is 6.42. The summed E-state index contributed by atoms with van der Waals surface area (Å²) >= 11 is 0. The zero-order chi connectivity index (χ0) is 26.6. The molecule has 2 N–H and O–H groups in total. The van der Waals surface area contributed by atoms with E-state index in [9.17, 15) is 19.8 Å². The van der Waals surface area contributed by atoms with Crippen molar-refractivity contribution in [1.29, 1.82) is 0 Å². The van der Waals surface area contributed by atoms with Gasteiger partial charge in [0.2, 0.25) is 0 Å². The van der Waals surface area contributed by atoms with Crippen LogP contribution in [0.3, 0.4) is 0 Å². The van der Waals surface area contributed by atoms with Crippen LogP contribution in [0, 0.1) is 6.92 Å². The third-order valence-corrected chi connectivity index (χ3v) is 6.42. The predicted octanol–water partition coefficient (Wildman–Crippen LogP) is 5.30. The summed E-state index contributed by atoms with van der Waals surface area (Å²) in [6.45, 7) is 2.52. The molecule has 190 valence electrons. The lowest BCUT2D eigenvalue weighted by Crippen LogP contribution is -2.29. The highest BCUT2D eigenvalue weighted by atomic mass is 16.5. The number of phenols is 1. The second-order valence-corrected chi connectivity index (χ2v) is 9.19. The van der Waals surface area contributed by atoms with E-state index >= 15 is 0 Å². The molecule has 2 heterocycles. The Morgan fingerprint density at radius 3 is 2.42 bits per heavy atom. The molecule has 0 aliphatic carbocycles. The molecule has 1 saturated heterocycles. The molecule has 38 heavy (non-hydrogen) atoms. The van der Waals surface area contributed by atoms with Crippen molar-refractivity contribution in [1.82, 2.24) is 9.88 Å². The first kappa shape index (κ1) is 24.8. The summed E-state index contributed by atoms with van der Waals surface area (Å²) in [5.41, 5.74) is 3.75. The number of carbonyl (C=O) groups excluding carboxylic acids is 2. The number of hydrogen-bond acceptors (Lipinski definition) is 6. The van der Waals surface area contributed by atoms with Gasteiger partial charge in [0.15, 0.2) is 0 Å². The summed E-state index contributed by atoms with van der Waals surface area (Å²) < 4.78 is 5.87. The standard InChI is InChI=1S/C31H26N2O5/c1-20-5-2-6-21(15-20)19-38-26-12-10-23(11-13-26)29(35)27-28(24-8-3-9-25(34)16-24)33(31(37)30(27)36)18-22-7-4-14-32-17-22/h2-17,28,34-35H,18-19H2,1H3/b29-27-. The predicted molar refractivity (Wildman–Crippen MR) is 142 cm³/mol. The van der Waals surface area contributed by atoms with Crippen molar-refractivity contribution in [2.24, 2.45) is 0 Å². The SMILES string of the molecule is Cc1cccc(COc2ccc(/C(O)=C3/C(=O)C(=O)N(Cc4cccnc4)C3c3cccc(O)c3)cc2)c1. The van der Waals surface area contributed by atoms with Gasteiger partial charge in [-0.15, -0.1) is 0 Å². The average molecular weight is 507 g/mol. The second-order valence-electron chi connectivity index (χ2n) is 9.19. The van der Waals surface area contributed by atoms with Crippen LogP contribution in [-0.4, -0.2) is 31.8 Å². The Morgan fingerprint density at radius 1 is 0.947 bits per heavy atom. The van der Waals surface area contributed by atoms with Crippen LogP contribution in [0.4, 0.5) is 0 Å². The fraction of sp³-hybridized carbons (Fsp3) is 0.129. The average Bonchev–Trinajstić information content (AvgIpc) is 3.17. The van der Waals surface area contributed by atoms with Gasteiger partial charge in [0.25, 0.3) is 11.7 Å². The summed E-state index contributed by atoms with van der Waals surface area (Å²) in [5.74, 6) is -1.23. The number of likely N-dealkylation sites (tertiary alicyclic amines) is 1. The normalized spacial score (nSPS) is 16.6. The molecule has 1 fully saturated rings. The topological polar surface area (TPSA) is 100.0 Å². The number of nitrogens with zero attached hydrogens (tertiary/aromatic N) is 2. The minimum absolute atomic E-state index is 0.00965. The largest absolute Gasteiger partial charge is 0.508 e. The molecule has 1 aliphatic rings. The van der Waals surface area contributed by atoms with Crippen molar-refractivity contribution in [2.75, 3.05) is 0 Å². The van der Waals surface area contributed by atoms with Crippen LogP contribution in [0.1, 0.15) is 33.9 Å². The zero-order valence-corrected chi connectivity index (χ0v) is 20.7. The van der Waals surface area contributed by atoms with Gasteiger partial charge in [-0.05, 0) is 66.1 Å². The summed E-state index contributed by atoms with van der Waals surface area (Å²) in [7, 11) is 0. The highest BCUT2D eigenvalue weighted by molar-refractivity contribution is 6.46. The van der Waals surface area contributed by atoms with E-state index in [0.717, 1.165) is 16.7 Å². The minimum atomic E-state index is -0.889. The van der Waals surface area contributed by atoms with Gasteiger partial charge in [-0.3, -0.25) is 14.6 Å². The highest BCUT2D eigenvalue weighted by Crippen LogP contribution is 2.41. The Bertz CT molecular complexity index is 1510. The Morgan fingerprint density at radius 2 is 1.71 bits per heavy atom. The lowest BCUT2D eigenvalue weighted by atomic mass is 9.95. The van der Waals surface area contributed by atoms with E-state index < -0.39 is 17.7 Å². The number of phenolic OH excluding ortho intramolecular Hbond substituents is 1. The summed E-state index contributed by atoms with van der Waals surface area (Å²) in [6.07, 6.45) is 3.24. The first-order valence-electron chi connectivity index (χ1n) is 12.2. The monoisotopic (exact) mass is 506 g/mol. The van der Waals surface area contributed by atoms with Crippen LogP contribution in [0.25, 0.3) is 5.76 Å². The molecule has 1 amide bonds. The summed E-state index contributed by atoms with van der Waals surface area (Å²) in [4.78, 5) is 31.9. The second kappa shape index (κ2) is 10.6. The Hall–Kier alpha value is -4.91. The number of Topliss-reactive ketones (excluding diaryl/α,β-unsaturated/α-hetero) is 1. The number of aromatic hydroxyl groups is 1. The maximum absolute atomic E-state index is 13.2. The van der Waals surface area contributed by atoms with Gasteiger partial charge in [0, 0.05) is 24.5 Å². The first-order chi connectivity index (χ1) is 18.4. The molecule has 0 spiro atoms. The van der Waals surface area contributed by atoms with Crippen LogP contribution in [0.5, 0.6) is 11.5 Å². The van der Waals surface area contributed by atoms with Gasteiger partial charge in [-0.25, -0.2) is 0 Å². The minimum Gasteiger partial charge on any atom is -0.508 e. The number of carbonyl (C=O) groups is 2. The zero-order valence-electron chi connectivity index (χ0n) is 20.7. The van der Waals surface area contributed by atoms with E-state index in [-0.39, 0.29) is 23.6 Å². The molecule has 3 aromatic carbocycles. The van der Waals surface area contributed by atoms with E-state index in [0.29, 0.717) is 23.5 Å². The maximum Gasteiger partial charge on any atom is 0.295 e. The van der Waals surface area contributed by atoms with Crippen molar-refractivity contribution in [2.45, 2.75) is 26.1 Å². The first-order valence-corrected chi connectivity index (χ1v) is 12.2. The van der Waals surface area contributed by atoms with Gasteiger partial charge in [0.05, 0.1) is 11.6 Å². The molecule has 4 aromatic rings. The number of amides is 1. The number of benzene rings is 3. The Kier molecular flexibility index (Phi) is 6.91. The fourth-order valence-corrected chi connectivity index (χ4v) is 4.61. The molecule has 7 heteroatoms. The molecular formula is C31H26N2O5. The summed E-state index contributed by atoms with van der Waals surface area (Å²) in [5, 5.41) is 21.4. The van der Waals surface area contributed by atoms with Crippen LogP contribution < -0.4 is 4.74 Å². The van der Waals surface area contributed by atoms with Crippen molar-refractivity contribution in [3.8, 4) is 11.5 Å². The van der Waals surface area contributed by atoms with Crippen molar-refractivity contribution in [3.63, 3.8) is 0 Å². The van der Waals surface area contributed by atoms with Crippen LogP contribution in [0.2, 0.25) is 0 Å². The number of ether oxygens (including phenoxy) is 1. The number of hydrogen-bond donors (Lipinski definition) is 2. The van der Waals surface area contributed by atoms with Gasteiger partial charge in [-0.2, -0.15) is 0 Å². The lowest BCUT2D eigenvalue weighted by Gasteiger charge is -2.25. The van der Waals surface area contributed by atoms with Gasteiger partial charge < -0.3 is 19.8 Å². The Labute approximate surface area is 220 Å². The van der Waals surface area contributed by atoms with E-state index in [4.69, 9.17) is 4.74 Å². The van der Waals surface area contributed by atoms with Crippen LogP contribution in [0.15, 0.2) is 103 Å². The van der Waals surface area contributed by atoms with E-state index in [1.165, 1.54) is 17.0 Å². The number of aryl methyl sites for hydroxylation is 1. The molecule has 1 unspecified atom stereocenters. The molecule has 1 atom stereocenters. The fourth-order valence-electron chi connectivity index (χ4n) is 4.61. The van der Waals surface area contributed by atoms with Crippen LogP contribution in [-0.2, 0) is 22.7 Å². The number of rotatable bonds is 7. The van der Waals surface area contributed by atoms with Crippen molar-refractivity contribution < 1.29 is 24.5 Å². The van der Waals surface area contributed by atoms with E-state index in [2.05, 4.69) is 4.98 Å². The molecule has 0 radical (unpaired) electrons. The molecule has 1 aromatic heterocycles. The molecular weight excluding hydrogens is 480 g/mol. The molecule has 1 aliphatic heterocycles. The third kappa shape index (κ3) is 5.13. The van der Waals surface area contributed by atoms with Crippen molar-refractivity contribution in [3.05, 3.63) is 131 Å². The van der Waals surface area contributed by atoms with Gasteiger partial charge in [-0.1, -0.05) is 48.0 Å². The van der Waals surface area contributed by atoms with E-state index in [1.807, 2.05) is 31.2 Å². The van der Waals surface area contributed by atoms with Gasteiger partial charge >= 0.3 is 0 Å². The molecule has 0 saturated carbocycles. The highest BCUT2D eigenvalue weighted by Gasteiger charge is 2.46. The quantitative estimate of drug-likeness (QED) is 0.201. The maximum atomic E-state index is 13.2. The van der Waals surface area contributed by atoms with E-state index in [1.54, 1.807) is 60.9 Å². The number of aromatic nitrogens is 1. The van der Waals surface area contributed by atoms with Crippen LogP contribution >= 0.6 is 0 Å². The number of aliphatic hydroxyl groups excluding tert-OH is 1. The lowest BCUT2D eigenvalue weighted by molar-refractivity contribution is -0.140. The molecule has 0 bridgehead atoms. The van der Waals surface area contributed by atoms with Crippen molar-refractivity contribution >= 4 is 17.4 Å². The number of pyridine rings is 1. The molecule has 7 nitrogen and oxygen atoms in total. The van der Waals surface area contributed by atoms with Gasteiger partial charge in [0.1, 0.15) is 23.9 Å².